The minimum atomic E-state index is -0.297. The van der Waals surface area contributed by atoms with Gasteiger partial charge in [0.1, 0.15) is 4.88 Å². The van der Waals surface area contributed by atoms with Crippen LogP contribution in [0, 0.1) is 0 Å². The molecule has 0 amide bonds. The quantitative estimate of drug-likeness (QED) is 0.747. The summed E-state index contributed by atoms with van der Waals surface area (Å²) in [5.74, 6) is -0.297. The number of rotatable bonds is 2. The Morgan fingerprint density at radius 1 is 1.75 bits per heavy atom. The number of thiophene rings is 1. The number of methoxy groups -OCH3 is 1. The number of carbonyl (C=O) groups excluding carboxylic acids is 1. The standard InChI is InChI=1S/C7H9NO2S.ClH/c1-10-7(9)6-2-5(3-8)4-11-6;/h2,4H,3,8H2,1H3;1H. The van der Waals surface area contributed by atoms with Crippen molar-refractivity contribution in [2.75, 3.05) is 7.11 Å². The summed E-state index contributed by atoms with van der Waals surface area (Å²) in [5, 5.41) is 1.85. The summed E-state index contributed by atoms with van der Waals surface area (Å²) in [4.78, 5) is 11.5. The largest absolute Gasteiger partial charge is 0.465 e. The molecule has 5 heteroatoms. The van der Waals surface area contributed by atoms with E-state index in [-0.39, 0.29) is 18.4 Å². The Bertz CT molecular complexity index is 262. The average molecular weight is 208 g/mol. The highest BCUT2D eigenvalue weighted by Crippen LogP contribution is 2.14. The molecular weight excluding hydrogens is 198 g/mol. The molecule has 0 saturated carbocycles. The number of halogens is 1. The van der Waals surface area contributed by atoms with Gasteiger partial charge in [0.25, 0.3) is 0 Å². The summed E-state index contributed by atoms with van der Waals surface area (Å²) < 4.78 is 4.52. The van der Waals surface area contributed by atoms with Crippen LogP contribution in [0.15, 0.2) is 11.4 Å². The second kappa shape index (κ2) is 5.13. The van der Waals surface area contributed by atoms with Gasteiger partial charge in [0.2, 0.25) is 0 Å². The van der Waals surface area contributed by atoms with Crippen LogP contribution in [0.1, 0.15) is 15.2 Å². The molecule has 0 aromatic carbocycles. The third kappa shape index (κ3) is 2.48. The normalized spacial score (nSPS) is 8.83. The topological polar surface area (TPSA) is 52.3 Å². The van der Waals surface area contributed by atoms with Gasteiger partial charge >= 0.3 is 5.97 Å². The van der Waals surface area contributed by atoms with Gasteiger partial charge in [0.05, 0.1) is 7.11 Å². The van der Waals surface area contributed by atoms with E-state index in [9.17, 15) is 4.79 Å². The van der Waals surface area contributed by atoms with Gasteiger partial charge in [-0.25, -0.2) is 4.79 Å². The van der Waals surface area contributed by atoms with Crippen molar-refractivity contribution in [2.24, 2.45) is 5.73 Å². The van der Waals surface area contributed by atoms with Crippen LogP contribution < -0.4 is 5.73 Å². The van der Waals surface area contributed by atoms with E-state index < -0.39 is 0 Å². The van der Waals surface area contributed by atoms with Crippen molar-refractivity contribution >= 4 is 29.7 Å². The number of ether oxygens (including phenoxy) is 1. The molecule has 12 heavy (non-hydrogen) atoms. The number of hydrogen-bond donors (Lipinski definition) is 1. The summed E-state index contributed by atoms with van der Waals surface area (Å²) in [6.07, 6.45) is 0. The summed E-state index contributed by atoms with van der Waals surface area (Å²) >= 11 is 1.35. The zero-order chi connectivity index (χ0) is 8.27. The van der Waals surface area contributed by atoms with E-state index in [1.165, 1.54) is 18.4 Å². The number of hydrogen-bond acceptors (Lipinski definition) is 4. The van der Waals surface area contributed by atoms with E-state index in [1.807, 2.05) is 5.38 Å². The maximum absolute atomic E-state index is 10.9. The second-order valence-electron chi connectivity index (χ2n) is 2.01. The van der Waals surface area contributed by atoms with E-state index in [2.05, 4.69) is 4.74 Å². The molecule has 0 spiro atoms. The highest BCUT2D eigenvalue weighted by Gasteiger charge is 2.07. The Labute approximate surface area is 80.9 Å². The highest BCUT2D eigenvalue weighted by atomic mass is 35.5. The van der Waals surface area contributed by atoms with Crippen molar-refractivity contribution in [2.45, 2.75) is 6.54 Å². The van der Waals surface area contributed by atoms with Crippen LogP contribution in [0.25, 0.3) is 0 Å². The predicted molar refractivity (Wildman–Crippen MR) is 50.8 cm³/mol. The van der Waals surface area contributed by atoms with Crippen LogP contribution in [0.5, 0.6) is 0 Å². The van der Waals surface area contributed by atoms with Gasteiger partial charge < -0.3 is 10.5 Å². The molecule has 0 radical (unpaired) electrons. The molecule has 0 aliphatic heterocycles. The molecule has 0 bridgehead atoms. The molecule has 1 aromatic heterocycles. The van der Waals surface area contributed by atoms with E-state index in [1.54, 1.807) is 6.07 Å². The molecule has 1 rings (SSSR count). The highest BCUT2D eigenvalue weighted by molar-refractivity contribution is 7.12. The average Bonchev–Trinajstić information content (AvgIpc) is 2.50. The fraction of sp³-hybridized carbons (Fsp3) is 0.286. The summed E-state index contributed by atoms with van der Waals surface area (Å²) in [6.45, 7) is 0.466. The Kier molecular flexibility index (Phi) is 4.89. The maximum atomic E-state index is 10.9. The molecule has 0 unspecified atom stereocenters. The molecule has 1 aromatic rings. The Balaban J connectivity index is 0.00000121. The van der Waals surface area contributed by atoms with Crippen LogP contribution in [-0.2, 0) is 11.3 Å². The lowest BCUT2D eigenvalue weighted by atomic mass is 10.3. The first-order valence-corrected chi connectivity index (χ1v) is 4.01. The van der Waals surface area contributed by atoms with Gasteiger partial charge in [-0.15, -0.1) is 23.7 Å². The van der Waals surface area contributed by atoms with Gasteiger partial charge in [-0.05, 0) is 17.0 Å². The molecule has 0 saturated heterocycles. The van der Waals surface area contributed by atoms with E-state index >= 15 is 0 Å². The Hall–Kier alpha value is -0.580. The third-order valence-electron chi connectivity index (χ3n) is 1.28. The minimum Gasteiger partial charge on any atom is -0.465 e. The zero-order valence-corrected chi connectivity index (χ0v) is 8.21. The van der Waals surface area contributed by atoms with Gasteiger partial charge in [0, 0.05) is 6.54 Å². The van der Waals surface area contributed by atoms with E-state index in [0.29, 0.717) is 11.4 Å². The smallest absolute Gasteiger partial charge is 0.348 e. The van der Waals surface area contributed by atoms with Crippen molar-refractivity contribution < 1.29 is 9.53 Å². The van der Waals surface area contributed by atoms with Crippen LogP contribution in [-0.4, -0.2) is 13.1 Å². The lowest BCUT2D eigenvalue weighted by molar-refractivity contribution is 0.0606. The predicted octanol–water partition coefficient (Wildman–Crippen LogP) is 1.42. The van der Waals surface area contributed by atoms with Crippen LogP contribution in [0.3, 0.4) is 0 Å². The van der Waals surface area contributed by atoms with Crippen LogP contribution in [0.4, 0.5) is 0 Å². The molecule has 0 aliphatic rings. The first-order chi connectivity index (χ1) is 5.27. The lowest BCUT2D eigenvalue weighted by Crippen LogP contribution is -1.98. The van der Waals surface area contributed by atoms with Gasteiger partial charge in [0.15, 0.2) is 0 Å². The SMILES string of the molecule is COC(=O)c1cc(CN)cs1.Cl. The van der Waals surface area contributed by atoms with Crippen molar-refractivity contribution in [3.8, 4) is 0 Å². The molecule has 0 aliphatic carbocycles. The summed E-state index contributed by atoms with van der Waals surface area (Å²) in [5.41, 5.74) is 6.33. The molecule has 2 N–H and O–H groups in total. The van der Waals surface area contributed by atoms with E-state index in [0.717, 1.165) is 5.56 Å². The van der Waals surface area contributed by atoms with Crippen LogP contribution >= 0.6 is 23.7 Å². The molecule has 0 fully saturated rings. The Morgan fingerprint density at radius 2 is 2.42 bits per heavy atom. The molecule has 0 atom stereocenters. The summed E-state index contributed by atoms with van der Waals surface area (Å²) in [6, 6.07) is 1.75. The van der Waals surface area contributed by atoms with Gasteiger partial charge in [-0.1, -0.05) is 0 Å². The fourth-order valence-corrected chi connectivity index (χ4v) is 1.53. The van der Waals surface area contributed by atoms with Crippen molar-refractivity contribution in [3.05, 3.63) is 21.9 Å². The number of nitrogens with two attached hydrogens (primary N) is 1. The Morgan fingerprint density at radius 3 is 2.83 bits per heavy atom. The van der Waals surface area contributed by atoms with Crippen molar-refractivity contribution in [3.63, 3.8) is 0 Å². The molecule has 1 heterocycles. The third-order valence-corrected chi connectivity index (χ3v) is 2.24. The van der Waals surface area contributed by atoms with Crippen molar-refractivity contribution in [1.82, 2.24) is 0 Å². The monoisotopic (exact) mass is 207 g/mol. The number of esters is 1. The maximum Gasteiger partial charge on any atom is 0.348 e. The second-order valence-corrected chi connectivity index (χ2v) is 2.93. The minimum absolute atomic E-state index is 0. The molecular formula is C7H10ClNO2S. The van der Waals surface area contributed by atoms with E-state index in [4.69, 9.17) is 5.73 Å². The van der Waals surface area contributed by atoms with Gasteiger partial charge in [-0.2, -0.15) is 0 Å². The molecule has 68 valence electrons. The molecule has 3 nitrogen and oxygen atoms in total. The lowest BCUT2D eigenvalue weighted by Gasteiger charge is -1.91. The van der Waals surface area contributed by atoms with Gasteiger partial charge in [-0.3, -0.25) is 0 Å². The summed E-state index contributed by atoms with van der Waals surface area (Å²) in [7, 11) is 1.37. The first kappa shape index (κ1) is 11.4. The zero-order valence-electron chi connectivity index (χ0n) is 6.57. The fourth-order valence-electron chi connectivity index (χ4n) is 0.690. The first-order valence-electron chi connectivity index (χ1n) is 3.13. The van der Waals surface area contributed by atoms with Crippen molar-refractivity contribution in [1.29, 1.82) is 0 Å². The van der Waals surface area contributed by atoms with Crippen LogP contribution in [0.2, 0.25) is 0 Å². The number of carbonyl (C=O) groups is 1.